The van der Waals surface area contributed by atoms with E-state index in [0.717, 1.165) is 40.8 Å². The third kappa shape index (κ3) is 4.73. The topological polar surface area (TPSA) is 85.4 Å². The fraction of sp³-hybridized carbons (Fsp3) is 0.360. The van der Waals surface area contributed by atoms with E-state index in [9.17, 15) is 9.90 Å². The van der Waals surface area contributed by atoms with E-state index in [1.54, 1.807) is 0 Å². The van der Waals surface area contributed by atoms with Gasteiger partial charge in [0.1, 0.15) is 17.3 Å². The summed E-state index contributed by atoms with van der Waals surface area (Å²) in [6, 6.07) is 17.6. The number of carbonyl (C=O) groups is 1. The lowest BCUT2D eigenvalue weighted by atomic mass is 9.74. The Hall–Kier alpha value is -3.08. The average molecular weight is 405 g/mol. The Kier molecular flexibility index (Phi) is 6.17. The van der Waals surface area contributed by atoms with E-state index in [1.807, 2.05) is 48.5 Å². The molecule has 0 spiro atoms. The molecule has 3 N–H and O–H groups in total. The Labute approximate surface area is 176 Å². The number of hydrogen-bond acceptors (Lipinski definition) is 4. The summed E-state index contributed by atoms with van der Waals surface area (Å²) in [5.41, 5.74) is 8.17. The molecular weight excluding hydrogens is 376 g/mol. The van der Waals surface area contributed by atoms with Crippen molar-refractivity contribution in [2.24, 2.45) is 5.92 Å². The van der Waals surface area contributed by atoms with Gasteiger partial charge in [-0.25, -0.2) is 4.98 Å². The predicted octanol–water partition coefficient (Wildman–Crippen LogP) is 6.14. The number of nitrogens with zero attached hydrogens (tertiary/aromatic N) is 1. The number of nitrogen functional groups attached to an aromatic ring is 1. The molecule has 1 fully saturated rings. The van der Waals surface area contributed by atoms with Gasteiger partial charge in [-0.1, -0.05) is 37.5 Å². The van der Waals surface area contributed by atoms with Crippen LogP contribution in [0.25, 0.3) is 10.9 Å². The Balaban J connectivity index is 1.67. The zero-order valence-corrected chi connectivity index (χ0v) is 17.1. The quantitative estimate of drug-likeness (QED) is 0.494. The molecule has 5 heteroatoms. The standard InChI is InChI=1S/C25H28N2O3/c26-25-22(21(12-14-24(28)29)17-7-3-1-4-8-17)16-18-15-20(11-13-23(18)27-25)30-19-9-5-2-6-10-19/h2,5-6,9-11,13,15-17,21H,1,3-4,7-8,12,14H2,(H2,26,27)(H,28,29). The fourth-order valence-corrected chi connectivity index (χ4v) is 4.63. The first kappa shape index (κ1) is 20.2. The first-order chi connectivity index (χ1) is 14.6. The highest BCUT2D eigenvalue weighted by atomic mass is 16.5. The maximum absolute atomic E-state index is 11.3. The van der Waals surface area contributed by atoms with Crippen molar-refractivity contribution in [3.8, 4) is 11.5 Å². The van der Waals surface area contributed by atoms with E-state index in [2.05, 4.69) is 11.1 Å². The van der Waals surface area contributed by atoms with Crippen LogP contribution in [0, 0.1) is 5.92 Å². The van der Waals surface area contributed by atoms with E-state index >= 15 is 0 Å². The molecular formula is C25H28N2O3. The summed E-state index contributed by atoms with van der Waals surface area (Å²) in [6.45, 7) is 0. The van der Waals surface area contributed by atoms with Gasteiger partial charge >= 0.3 is 5.97 Å². The maximum atomic E-state index is 11.3. The predicted molar refractivity (Wildman–Crippen MR) is 119 cm³/mol. The van der Waals surface area contributed by atoms with Crippen LogP contribution in [0.5, 0.6) is 11.5 Å². The molecule has 30 heavy (non-hydrogen) atoms. The van der Waals surface area contributed by atoms with Gasteiger partial charge in [-0.05, 0) is 73.1 Å². The normalized spacial score (nSPS) is 15.7. The van der Waals surface area contributed by atoms with Crippen molar-refractivity contribution >= 4 is 22.7 Å². The lowest BCUT2D eigenvalue weighted by Crippen LogP contribution is -2.19. The first-order valence-corrected chi connectivity index (χ1v) is 10.7. The summed E-state index contributed by atoms with van der Waals surface area (Å²) in [5.74, 6) is 1.86. The number of para-hydroxylation sites is 1. The number of aliphatic carboxylic acids is 1. The molecule has 1 heterocycles. The van der Waals surface area contributed by atoms with Crippen LogP contribution in [0.15, 0.2) is 54.6 Å². The number of carboxylic acid groups (broad SMARTS) is 1. The second-order valence-corrected chi connectivity index (χ2v) is 8.17. The zero-order valence-electron chi connectivity index (χ0n) is 17.1. The number of carboxylic acids is 1. The minimum absolute atomic E-state index is 0.122. The largest absolute Gasteiger partial charge is 0.481 e. The minimum Gasteiger partial charge on any atom is -0.481 e. The molecule has 1 atom stereocenters. The van der Waals surface area contributed by atoms with Crippen LogP contribution in [0.2, 0.25) is 0 Å². The molecule has 1 unspecified atom stereocenters. The number of nitrogens with two attached hydrogens (primary N) is 1. The SMILES string of the molecule is Nc1nc2ccc(Oc3ccccc3)cc2cc1C(CCC(=O)O)C1CCCCC1. The van der Waals surface area contributed by atoms with Gasteiger partial charge in [0.15, 0.2) is 0 Å². The lowest BCUT2D eigenvalue weighted by Gasteiger charge is -2.31. The van der Waals surface area contributed by atoms with Gasteiger partial charge in [-0.15, -0.1) is 0 Å². The van der Waals surface area contributed by atoms with Gasteiger partial charge in [-0.2, -0.15) is 0 Å². The van der Waals surface area contributed by atoms with Crippen molar-refractivity contribution in [2.45, 2.75) is 50.9 Å². The fourth-order valence-electron chi connectivity index (χ4n) is 4.63. The molecule has 0 saturated heterocycles. The van der Waals surface area contributed by atoms with E-state index in [4.69, 9.17) is 10.5 Å². The summed E-state index contributed by atoms with van der Waals surface area (Å²) < 4.78 is 5.98. The molecule has 1 saturated carbocycles. The zero-order chi connectivity index (χ0) is 20.9. The van der Waals surface area contributed by atoms with Crippen molar-refractivity contribution in [1.82, 2.24) is 4.98 Å². The van der Waals surface area contributed by atoms with Crippen molar-refractivity contribution in [3.05, 3.63) is 60.2 Å². The van der Waals surface area contributed by atoms with Crippen molar-refractivity contribution in [3.63, 3.8) is 0 Å². The molecule has 0 aliphatic heterocycles. The summed E-state index contributed by atoms with van der Waals surface area (Å²) in [4.78, 5) is 15.9. The number of aromatic nitrogens is 1. The van der Waals surface area contributed by atoms with Crippen LogP contribution in [0.4, 0.5) is 5.82 Å². The van der Waals surface area contributed by atoms with Gasteiger partial charge in [-0.3, -0.25) is 4.79 Å². The maximum Gasteiger partial charge on any atom is 0.303 e. The molecule has 3 aromatic rings. The number of anilines is 1. The first-order valence-electron chi connectivity index (χ1n) is 10.7. The highest BCUT2D eigenvalue weighted by Gasteiger charge is 2.28. The highest BCUT2D eigenvalue weighted by molar-refractivity contribution is 5.83. The molecule has 1 aromatic heterocycles. The third-order valence-electron chi connectivity index (χ3n) is 6.11. The van der Waals surface area contributed by atoms with Crippen LogP contribution < -0.4 is 10.5 Å². The summed E-state index contributed by atoms with van der Waals surface area (Å²) in [7, 11) is 0. The third-order valence-corrected chi connectivity index (χ3v) is 6.11. The van der Waals surface area contributed by atoms with Crippen molar-refractivity contribution in [2.75, 3.05) is 5.73 Å². The summed E-state index contributed by atoms with van der Waals surface area (Å²) >= 11 is 0. The molecule has 5 nitrogen and oxygen atoms in total. The van der Waals surface area contributed by atoms with Gasteiger partial charge in [0.2, 0.25) is 0 Å². The second-order valence-electron chi connectivity index (χ2n) is 8.17. The molecule has 0 amide bonds. The van der Waals surface area contributed by atoms with Gasteiger partial charge in [0.05, 0.1) is 5.52 Å². The number of ether oxygens (including phenoxy) is 1. The number of rotatable bonds is 7. The molecule has 1 aliphatic rings. The Morgan fingerprint density at radius 3 is 2.57 bits per heavy atom. The Bertz CT molecular complexity index is 1010. The highest BCUT2D eigenvalue weighted by Crippen LogP contribution is 2.41. The number of benzene rings is 2. The van der Waals surface area contributed by atoms with E-state index < -0.39 is 5.97 Å². The lowest BCUT2D eigenvalue weighted by molar-refractivity contribution is -0.137. The minimum atomic E-state index is -0.762. The van der Waals surface area contributed by atoms with Crippen LogP contribution in [0.1, 0.15) is 56.4 Å². The molecule has 156 valence electrons. The van der Waals surface area contributed by atoms with Crippen LogP contribution >= 0.6 is 0 Å². The summed E-state index contributed by atoms with van der Waals surface area (Å²) in [5, 5.41) is 10.2. The monoisotopic (exact) mass is 404 g/mol. The molecule has 4 rings (SSSR count). The van der Waals surface area contributed by atoms with Gasteiger partial charge < -0.3 is 15.6 Å². The van der Waals surface area contributed by atoms with E-state index in [0.29, 0.717) is 18.2 Å². The number of hydrogen-bond donors (Lipinski definition) is 2. The van der Waals surface area contributed by atoms with E-state index in [-0.39, 0.29) is 12.3 Å². The van der Waals surface area contributed by atoms with Gasteiger partial charge in [0, 0.05) is 11.8 Å². The Morgan fingerprint density at radius 1 is 1.07 bits per heavy atom. The van der Waals surface area contributed by atoms with Crippen LogP contribution in [-0.2, 0) is 4.79 Å². The summed E-state index contributed by atoms with van der Waals surface area (Å²) in [6.07, 6.45) is 6.65. The number of pyridine rings is 1. The van der Waals surface area contributed by atoms with Crippen LogP contribution in [-0.4, -0.2) is 16.1 Å². The average Bonchev–Trinajstić information content (AvgIpc) is 2.76. The Morgan fingerprint density at radius 2 is 1.83 bits per heavy atom. The van der Waals surface area contributed by atoms with Crippen LogP contribution in [0.3, 0.4) is 0 Å². The van der Waals surface area contributed by atoms with Crippen molar-refractivity contribution < 1.29 is 14.6 Å². The second kappa shape index (κ2) is 9.16. The molecule has 2 aromatic carbocycles. The smallest absolute Gasteiger partial charge is 0.303 e. The van der Waals surface area contributed by atoms with Crippen molar-refractivity contribution in [1.29, 1.82) is 0 Å². The van der Waals surface area contributed by atoms with Gasteiger partial charge in [0.25, 0.3) is 0 Å². The van der Waals surface area contributed by atoms with E-state index in [1.165, 1.54) is 19.3 Å². The molecule has 0 bridgehead atoms. The molecule has 1 aliphatic carbocycles. The molecule has 0 radical (unpaired) electrons. The number of fused-ring (bicyclic) bond motifs is 1.